The molecule has 0 aliphatic carbocycles. The van der Waals surface area contributed by atoms with Crippen LogP contribution >= 0.6 is 0 Å². The molecule has 0 radical (unpaired) electrons. The van der Waals surface area contributed by atoms with Crippen LogP contribution < -0.4 is 5.73 Å². The van der Waals surface area contributed by atoms with Crippen LogP contribution in [-0.4, -0.2) is 55.1 Å². The quantitative estimate of drug-likeness (QED) is 0.714. The van der Waals surface area contributed by atoms with Crippen LogP contribution in [0.4, 0.5) is 0 Å². The molecule has 0 aromatic rings. The van der Waals surface area contributed by atoms with Crippen molar-refractivity contribution in [2.24, 2.45) is 11.7 Å². The fourth-order valence-corrected chi connectivity index (χ4v) is 3.79. The first-order chi connectivity index (χ1) is 8.23. The first-order valence-electron chi connectivity index (χ1n) is 7.36. The van der Waals surface area contributed by atoms with Gasteiger partial charge >= 0.3 is 0 Å². The Labute approximate surface area is 106 Å². The Hall–Kier alpha value is -0.120. The molecule has 1 unspecified atom stereocenters. The Bertz CT molecular complexity index is 236. The van der Waals surface area contributed by atoms with E-state index in [0.29, 0.717) is 0 Å². The molecule has 3 aliphatic rings. The number of piperidine rings is 3. The molecule has 100 valence electrons. The number of unbranched alkanes of at least 4 members (excludes halogenated alkanes) is 2. The van der Waals surface area contributed by atoms with E-state index >= 15 is 0 Å². The number of fused-ring (bicyclic) bond motifs is 3. The van der Waals surface area contributed by atoms with Crippen molar-refractivity contribution in [2.75, 3.05) is 39.8 Å². The van der Waals surface area contributed by atoms with Crippen molar-refractivity contribution in [3.63, 3.8) is 0 Å². The standard InChI is InChI=1S/C14H29N3/c1-3-4-5-8-16(2)14(11-15)12-17-9-6-13(14)7-10-17/h13H,3-12,15H2,1-2H3. The summed E-state index contributed by atoms with van der Waals surface area (Å²) in [6, 6.07) is 0. The molecule has 3 saturated heterocycles. The predicted molar refractivity (Wildman–Crippen MR) is 73.1 cm³/mol. The average molecular weight is 239 g/mol. The largest absolute Gasteiger partial charge is 0.329 e. The second kappa shape index (κ2) is 5.68. The Kier molecular flexibility index (Phi) is 4.45. The molecule has 0 spiro atoms. The predicted octanol–water partition coefficient (Wildman–Crippen LogP) is 1.53. The zero-order chi connectivity index (χ0) is 12.3. The molecule has 2 bridgehead atoms. The van der Waals surface area contributed by atoms with Crippen molar-refractivity contribution in [1.82, 2.24) is 9.80 Å². The lowest BCUT2D eigenvalue weighted by Gasteiger charge is -2.57. The summed E-state index contributed by atoms with van der Waals surface area (Å²) in [6.07, 6.45) is 6.69. The molecule has 3 heterocycles. The van der Waals surface area contributed by atoms with Crippen molar-refractivity contribution < 1.29 is 0 Å². The number of rotatable bonds is 6. The van der Waals surface area contributed by atoms with Gasteiger partial charge in [-0.1, -0.05) is 19.8 Å². The van der Waals surface area contributed by atoms with Crippen molar-refractivity contribution >= 4 is 0 Å². The van der Waals surface area contributed by atoms with Gasteiger partial charge in [0.2, 0.25) is 0 Å². The molecule has 1 atom stereocenters. The number of hydrogen-bond donors (Lipinski definition) is 1. The highest BCUT2D eigenvalue weighted by molar-refractivity contribution is 5.05. The Morgan fingerprint density at radius 3 is 2.47 bits per heavy atom. The van der Waals surface area contributed by atoms with Crippen molar-refractivity contribution in [2.45, 2.75) is 44.6 Å². The lowest BCUT2D eigenvalue weighted by atomic mass is 9.71. The highest BCUT2D eigenvalue weighted by Crippen LogP contribution is 2.38. The van der Waals surface area contributed by atoms with Crippen LogP contribution in [0.3, 0.4) is 0 Å². The SMILES string of the molecule is CCCCCN(C)C1(CN)CN2CCC1CC2. The summed E-state index contributed by atoms with van der Waals surface area (Å²) in [5.41, 5.74) is 6.44. The van der Waals surface area contributed by atoms with Crippen LogP contribution in [0.25, 0.3) is 0 Å². The zero-order valence-corrected chi connectivity index (χ0v) is 11.6. The number of nitrogens with two attached hydrogens (primary N) is 1. The monoisotopic (exact) mass is 239 g/mol. The van der Waals surface area contributed by atoms with Gasteiger partial charge in [0.05, 0.1) is 0 Å². The highest BCUT2D eigenvalue weighted by atomic mass is 15.3. The van der Waals surface area contributed by atoms with Gasteiger partial charge in [-0.15, -0.1) is 0 Å². The minimum atomic E-state index is 0.282. The molecule has 3 rings (SSSR count). The van der Waals surface area contributed by atoms with Gasteiger partial charge in [-0.25, -0.2) is 0 Å². The smallest absolute Gasteiger partial charge is 0.0484 e. The maximum Gasteiger partial charge on any atom is 0.0484 e. The number of hydrogen-bond acceptors (Lipinski definition) is 3. The van der Waals surface area contributed by atoms with Gasteiger partial charge < -0.3 is 10.6 Å². The Morgan fingerprint density at radius 2 is 2.00 bits per heavy atom. The highest BCUT2D eigenvalue weighted by Gasteiger charge is 2.47. The van der Waals surface area contributed by atoms with Crippen LogP contribution in [0.2, 0.25) is 0 Å². The molecule has 0 amide bonds. The molecule has 3 fully saturated rings. The van der Waals surface area contributed by atoms with Gasteiger partial charge in [-0.3, -0.25) is 4.90 Å². The van der Waals surface area contributed by atoms with E-state index in [0.717, 1.165) is 12.5 Å². The Balaban J connectivity index is 1.98. The van der Waals surface area contributed by atoms with E-state index < -0.39 is 0 Å². The molecular formula is C14H29N3. The zero-order valence-electron chi connectivity index (χ0n) is 11.6. The van der Waals surface area contributed by atoms with Crippen molar-refractivity contribution in [3.05, 3.63) is 0 Å². The van der Waals surface area contributed by atoms with Gasteiger partial charge in [-0.05, 0) is 51.9 Å². The van der Waals surface area contributed by atoms with Crippen LogP contribution in [0.5, 0.6) is 0 Å². The summed E-state index contributed by atoms with van der Waals surface area (Å²) in [7, 11) is 2.30. The summed E-state index contributed by atoms with van der Waals surface area (Å²) in [5.74, 6) is 0.837. The minimum Gasteiger partial charge on any atom is -0.329 e. The topological polar surface area (TPSA) is 32.5 Å². The third-order valence-corrected chi connectivity index (χ3v) is 5.06. The van der Waals surface area contributed by atoms with Gasteiger partial charge in [0.1, 0.15) is 0 Å². The molecule has 3 nitrogen and oxygen atoms in total. The molecule has 17 heavy (non-hydrogen) atoms. The van der Waals surface area contributed by atoms with Gasteiger partial charge in [-0.2, -0.15) is 0 Å². The molecule has 2 N–H and O–H groups in total. The summed E-state index contributed by atoms with van der Waals surface area (Å²) in [6.45, 7) is 8.13. The summed E-state index contributed by atoms with van der Waals surface area (Å²) < 4.78 is 0. The van der Waals surface area contributed by atoms with Gasteiger partial charge in [0.15, 0.2) is 0 Å². The van der Waals surface area contributed by atoms with Crippen LogP contribution in [0.15, 0.2) is 0 Å². The summed E-state index contributed by atoms with van der Waals surface area (Å²) in [5, 5.41) is 0. The first kappa shape index (κ1) is 13.3. The molecule has 0 aromatic carbocycles. The summed E-state index contributed by atoms with van der Waals surface area (Å²) >= 11 is 0. The fourth-order valence-electron chi connectivity index (χ4n) is 3.79. The third-order valence-electron chi connectivity index (χ3n) is 5.06. The molecule has 0 aromatic heterocycles. The lowest BCUT2D eigenvalue weighted by Crippen LogP contribution is -2.69. The van der Waals surface area contributed by atoms with Crippen LogP contribution in [0, 0.1) is 5.92 Å². The van der Waals surface area contributed by atoms with E-state index in [4.69, 9.17) is 5.73 Å². The van der Waals surface area contributed by atoms with Crippen molar-refractivity contribution in [3.8, 4) is 0 Å². The van der Waals surface area contributed by atoms with E-state index in [2.05, 4.69) is 23.8 Å². The molecule has 0 saturated carbocycles. The molecule has 3 aliphatic heterocycles. The van der Waals surface area contributed by atoms with E-state index in [1.54, 1.807) is 0 Å². The molecule has 3 heteroatoms. The first-order valence-corrected chi connectivity index (χ1v) is 7.36. The second-order valence-electron chi connectivity index (χ2n) is 5.99. The normalized spacial score (nSPS) is 36.7. The van der Waals surface area contributed by atoms with Gasteiger partial charge in [0.25, 0.3) is 0 Å². The van der Waals surface area contributed by atoms with Crippen LogP contribution in [0.1, 0.15) is 39.0 Å². The second-order valence-corrected chi connectivity index (χ2v) is 5.99. The van der Waals surface area contributed by atoms with E-state index in [-0.39, 0.29) is 5.54 Å². The lowest BCUT2D eigenvalue weighted by molar-refractivity contribution is -0.0564. The fraction of sp³-hybridized carbons (Fsp3) is 1.00. The van der Waals surface area contributed by atoms with E-state index in [1.165, 1.54) is 58.3 Å². The van der Waals surface area contributed by atoms with E-state index in [9.17, 15) is 0 Å². The van der Waals surface area contributed by atoms with Gasteiger partial charge in [0, 0.05) is 18.6 Å². The summed E-state index contributed by atoms with van der Waals surface area (Å²) in [4.78, 5) is 5.20. The third kappa shape index (κ3) is 2.51. The Morgan fingerprint density at radius 1 is 1.29 bits per heavy atom. The minimum absolute atomic E-state index is 0.282. The average Bonchev–Trinajstić information content (AvgIpc) is 2.39. The maximum atomic E-state index is 6.16. The molecular weight excluding hydrogens is 210 g/mol. The maximum absolute atomic E-state index is 6.16. The van der Waals surface area contributed by atoms with E-state index in [1.807, 2.05) is 0 Å². The number of likely N-dealkylation sites (N-methyl/N-ethyl adjacent to an activating group) is 1. The number of nitrogens with zero attached hydrogens (tertiary/aromatic N) is 2. The van der Waals surface area contributed by atoms with Crippen LogP contribution in [-0.2, 0) is 0 Å². The van der Waals surface area contributed by atoms with Crippen molar-refractivity contribution in [1.29, 1.82) is 0 Å².